The van der Waals surface area contributed by atoms with Gasteiger partial charge in [-0.2, -0.15) is 9.40 Å². The molecule has 0 spiro atoms. The van der Waals surface area contributed by atoms with Crippen LogP contribution in [-0.4, -0.2) is 68.1 Å². The number of sulfonamides is 1. The molecule has 8 heteroatoms. The summed E-state index contributed by atoms with van der Waals surface area (Å²) >= 11 is 0. The molecule has 0 unspecified atom stereocenters. The summed E-state index contributed by atoms with van der Waals surface area (Å²) in [6.45, 7) is 4.78. The number of aryl methyl sites for hydroxylation is 1. The second kappa shape index (κ2) is 5.51. The van der Waals surface area contributed by atoms with E-state index in [0.29, 0.717) is 19.7 Å². The molecule has 0 bridgehead atoms. The second-order valence-corrected chi connectivity index (χ2v) is 7.71. The van der Waals surface area contributed by atoms with Crippen LogP contribution in [0.2, 0.25) is 0 Å². The predicted molar refractivity (Wildman–Crippen MR) is 78.6 cm³/mol. The molecule has 2 aliphatic heterocycles. The Labute approximate surface area is 125 Å². The van der Waals surface area contributed by atoms with Crippen LogP contribution in [0.3, 0.4) is 0 Å². The third kappa shape index (κ3) is 3.17. The highest BCUT2D eigenvalue weighted by atomic mass is 32.2. The molecule has 1 aromatic heterocycles. The van der Waals surface area contributed by atoms with E-state index in [-0.39, 0.29) is 12.0 Å². The SMILES string of the molecule is Cc1ccc(N2C[C@@H]3CN(S(C)(=O)=O)CCO[C@@H]3C2)nn1. The Bertz CT molecular complexity index is 604. The van der Waals surface area contributed by atoms with Crippen molar-refractivity contribution in [3.05, 3.63) is 17.8 Å². The molecule has 2 atom stereocenters. The van der Waals surface area contributed by atoms with Crippen molar-refractivity contribution in [2.45, 2.75) is 13.0 Å². The maximum absolute atomic E-state index is 11.8. The van der Waals surface area contributed by atoms with Crippen LogP contribution >= 0.6 is 0 Å². The van der Waals surface area contributed by atoms with Crippen LogP contribution in [0.5, 0.6) is 0 Å². The van der Waals surface area contributed by atoms with Gasteiger partial charge in [0.1, 0.15) is 0 Å². The maximum Gasteiger partial charge on any atom is 0.211 e. The molecule has 21 heavy (non-hydrogen) atoms. The number of anilines is 1. The maximum atomic E-state index is 11.8. The Morgan fingerprint density at radius 3 is 2.71 bits per heavy atom. The third-order valence-corrected chi connectivity index (χ3v) is 5.34. The van der Waals surface area contributed by atoms with Gasteiger partial charge in [0.05, 0.1) is 24.7 Å². The Morgan fingerprint density at radius 1 is 1.24 bits per heavy atom. The first-order valence-electron chi connectivity index (χ1n) is 7.05. The summed E-state index contributed by atoms with van der Waals surface area (Å²) in [6, 6.07) is 3.88. The molecule has 1 aromatic rings. The van der Waals surface area contributed by atoms with E-state index >= 15 is 0 Å². The van der Waals surface area contributed by atoms with Gasteiger partial charge in [0, 0.05) is 32.1 Å². The van der Waals surface area contributed by atoms with Crippen LogP contribution in [-0.2, 0) is 14.8 Å². The number of hydrogen-bond donors (Lipinski definition) is 0. The van der Waals surface area contributed by atoms with E-state index in [9.17, 15) is 8.42 Å². The van der Waals surface area contributed by atoms with E-state index in [1.54, 1.807) is 0 Å². The topological polar surface area (TPSA) is 75.6 Å². The van der Waals surface area contributed by atoms with Crippen molar-refractivity contribution in [2.24, 2.45) is 5.92 Å². The van der Waals surface area contributed by atoms with E-state index < -0.39 is 10.0 Å². The van der Waals surface area contributed by atoms with Crippen molar-refractivity contribution < 1.29 is 13.2 Å². The lowest BCUT2D eigenvalue weighted by Crippen LogP contribution is -2.36. The largest absolute Gasteiger partial charge is 0.375 e. The van der Waals surface area contributed by atoms with Gasteiger partial charge >= 0.3 is 0 Å². The van der Waals surface area contributed by atoms with Crippen molar-refractivity contribution in [1.29, 1.82) is 0 Å². The Balaban J connectivity index is 1.74. The smallest absolute Gasteiger partial charge is 0.211 e. The average molecular weight is 312 g/mol. The van der Waals surface area contributed by atoms with Crippen molar-refractivity contribution in [1.82, 2.24) is 14.5 Å². The fraction of sp³-hybridized carbons (Fsp3) is 0.692. The Kier molecular flexibility index (Phi) is 3.85. The molecular formula is C13H20N4O3S. The van der Waals surface area contributed by atoms with E-state index in [1.807, 2.05) is 19.1 Å². The molecule has 2 fully saturated rings. The van der Waals surface area contributed by atoms with Crippen LogP contribution in [0.1, 0.15) is 5.69 Å². The first-order valence-corrected chi connectivity index (χ1v) is 8.90. The molecule has 0 N–H and O–H groups in total. The lowest BCUT2D eigenvalue weighted by atomic mass is 10.1. The number of fused-ring (bicyclic) bond motifs is 1. The number of ether oxygens (including phenoxy) is 1. The Morgan fingerprint density at radius 2 is 2.05 bits per heavy atom. The van der Waals surface area contributed by atoms with Gasteiger partial charge in [0.15, 0.2) is 5.82 Å². The Hall–Kier alpha value is -1.25. The molecule has 3 rings (SSSR count). The molecule has 116 valence electrons. The number of hydrogen-bond acceptors (Lipinski definition) is 6. The van der Waals surface area contributed by atoms with Crippen molar-refractivity contribution in [3.8, 4) is 0 Å². The molecule has 0 saturated carbocycles. The van der Waals surface area contributed by atoms with Crippen LogP contribution < -0.4 is 4.90 Å². The summed E-state index contributed by atoms with van der Waals surface area (Å²) in [6.07, 6.45) is 1.31. The van der Waals surface area contributed by atoms with Gasteiger partial charge in [-0.1, -0.05) is 0 Å². The minimum absolute atomic E-state index is 0.0554. The molecule has 0 aromatic carbocycles. The number of rotatable bonds is 2. The zero-order valence-electron chi connectivity index (χ0n) is 12.3. The monoisotopic (exact) mass is 312 g/mol. The highest BCUT2D eigenvalue weighted by Crippen LogP contribution is 2.27. The summed E-state index contributed by atoms with van der Waals surface area (Å²) in [5.74, 6) is 0.994. The molecule has 0 amide bonds. The summed E-state index contributed by atoms with van der Waals surface area (Å²) in [7, 11) is -3.17. The molecular weight excluding hydrogens is 292 g/mol. The molecule has 2 aliphatic rings. The number of nitrogens with zero attached hydrogens (tertiary/aromatic N) is 4. The molecule has 3 heterocycles. The average Bonchev–Trinajstić information content (AvgIpc) is 2.70. The van der Waals surface area contributed by atoms with Gasteiger partial charge in [0.25, 0.3) is 0 Å². The van der Waals surface area contributed by atoms with Gasteiger partial charge in [-0.3, -0.25) is 0 Å². The first kappa shape index (κ1) is 14.7. The third-order valence-electron chi connectivity index (χ3n) is 4.07. The molecule has 0 aliphatic carbocycles. The summed E-state index contributed by atoms with van der Waals surface area (Å²) < 4.78 is 30.8. The van der Waals surface area contributed by atoms with Gasteiger partial charge in [0.2, 0.25) is 10.0 Å². The molecule has 7 nitrogen and oxygen atoms in total. The summed E-state index contributed by atoms with van der Waals surface area (Å²) in [5.41, 5.74) is 0.881. The van der Waals surface area contributed by atoms with E-state index in [4.69, 9.17) is 4.74 Å². The molecule has 2 saturated heterocycles. The standard InChI is InChI=1S/C13H20N4O3S/c1-10-3-4-13(15-14-10)16-7-11-8-17(21(2,18)19)5-6-20-12(11)9-16/h3-4,11-12H,5-9H2,1-2H3/t11-,12-/m1/s1. The lowest BCUT2D eigenvalue weighted by molar-refractivity contribution is 0.0584. The van der Waals surface area contributed by atoms with Crippen molar-refractivity contribution in [3.63, 3.8) is 0 Å². The fourth-order valence-electron chi connectivity index (χ4n) is 2.91. The zero-order valence-corrected chi connectivity index (χ0v) is 13.1. The van der Waals surface area contributed by atoms with E-state index in [2.05, 4.69) is 15.1 Å². The first-order chi connectivity index (χ1) is 9.93. The summed E-state index contributed by atoms with van der Waals surface area (Å²) in [4.78, 5) is 2.12. The molecule has 0 radical (unpaired) electrons. The van der Waals surface area contributed by atoms with Crippen molar-refractivity contribution >= 4 is 15.8 Å². The lowest BCUT2D eigenvalue weighted by Gasteiger charge is -2.21. The van der Waals surface area contributed by atoms with Crippen LogP contribution in [0.4, 0.5) is 5.82 Å². The quantitative estimate of drug-likeness (QED) is 0.758. The van der Waals surface area contributed by atoms with Gasteiger partial charge in [-0.15, -0.1) is 5.10 Å². The van der Waals surface area contributed by atoms with Crippen LogP contribution in [0.25, 0.3) is 0 Å². The van der Waals surface area contributed by atoms with Gasteiger partial charge < -0.3 is 9.64 Å². The zero-order chi connectivity index (χ0) is 15.0. The van der Waals surface area contributed by atoms with E-state index in [1.165, 1.54) is 10.6 Å². The van der Waals surface area contributed by atoms with Crippen LogP contribution in [0.15, 0.2) is 12.1 Å². The highest BCUT2D eigenvalue weighted by Gasteiger charge is 2.38. The number of aromatic nitrogens is 2. The van der Waals surface area contributed by atoms with Gasteiger partial charge in [-0.05, 0) is 19.1 Å². The minimum Gasteiger partial charge on any atom is -0.375 e. The summed E-state index contributed by atoms with van der Waals surface area (Å²) in [5, 5.41) is 8.27. The minimum atomic E-state index is -3.17. The van der Waals surface area contributed by atoms with Crippen LogP contribution in [0, 0.1) is 12.8 Å². The normalized spacial score (nSPS) is 27.4. The van der Waals surface area contributed by atoms with Crippen molar-refractivity contribution in [2.75, 3.05) is 43.9 Å². The van der Waals surface area contributed by atoms with Gasteiger partial charge in [-0.25, -0.2) is 8.42 Å². The fourth-order valence-corrected chi connectivity index (χ4v) is 3.78. The predicted octanol–water partition coefficient (Wildman–Crippen LogP) is -0.118. The van der Waals surface area contributed by atoms with E-state index in [0.717, 1.165) is 24.6 Å². The highest BCUT2D eigenvalue weighted by molar-refractivity contribution is 7.88. The second-order valence-electron chi connectivity index (χ2n) is 5.73.